The van der Waals surface area contributed by atoms with E-state index in [1.807, 2.05) is 13.0 Å². The van der Waals surface area contributed by atoms with Gasteiger partial charge in [0.25, 0.3) is 5.91 Å². The van der Waals surface area contributed by atoms with Gasteiger partial charge in [0.15, 0.2) is 6.10 Å². The summed E-state index contributed by atoms with van der Waals surface area (Å²) in [6, 6.07) is 6.22. The normalized spacial score (nSPS) is 15.1. The largest absolute Gasteiger partial charge is 0.481 e. The van der Waals surface area contributed by atoms with Crippen LogP contribution in [-0.4, -0.2) is 32.3 Å². The van der Waals surface area contributed by atoms with Crippen LogP contribution in [0, 0.1) is 0 Å². The Morgan fingerprint density at radius 1 is 1.29 bits per heavy atom. The van der Waals surface area contributed by atoms with Gasteiger partial charge in [0.2, 0.25) is 0 Å². The molecule has 0 saturated heterocycles. The summed E-state index contributed by atoms with van der Waals surface area (Å²) in [5.74, 6) is 0.719. The first-order valence-electron chi connectivity index (χ1n) is 7.79. The molecule has 4 heteroatoms. The van der Waals surface area contributed by atoms with Crippen molar-refractivity contribution in [2.75, 3.05) is 20.3 Å². The molecule has 0 bridgehead atoms. The summed E-state index contributed by atoms with van der Waals surface area (Å²) in [7, 11) is 1.62. The molecule has 0 aliphatic heterocycles. The number of benzene rings is 1. The van der Waals surface area contributed by atoms with Gasteiger partial charge in [-0.2, -0.15) is 0 Å². The molecular weight excluding hydrogens is 266 g/mol. The molecule has 0 unspecified atom stereocenters. The standard InChI is InChI=1S/C17H25NO3/c1-3-16(17(19)18-10-11-20-2)21-15-9-8-13-6-4-5-7-14(13)12-15/h8-9,12,16H,3-7,10-11H2,1-2H3,(H,18,19)/t16-/m0/s1. The lowest BCUT2D eigenvalue weighted by Gasteiger charge is -2.20. The minimum atomic E-state index is -0.441. The molecule has 0 heterocycles. The Morgan fingerprint density at radius 3 is 2.76 bits per heavy atom. The van der Waals surface area contributed by atoms with E-state index in [9.17, 15) is 4.79 Å². The topological polar surface area (TPSA) is 47.6 Å². The molecule has 0 aromatic heterocycles. The van der Waals surface area contributed by atoms with Crippen LogP contribution in [0.2, 0.25) is 0 Å². The molecule has 1 aromatic rings. The first-order chi connectivity index (χ1) is 10.2. The maximum absolute atomic E-state index is 12.1. The lowest BCUT2D eigenvalue weighted by Crippen LogP contribution is -2.39. The zero-order chi connectivity index (χ0) is 15.1. The number of hydrogen-bond donors (Lipinski definition) is 1. The van der Waals surface area contributed by atoms with E-state index < -0.39 is 6.10 Å². The van der Waals surface area contributed by atoms with Gasteiger partial charge in [-0.25, -0.2) is 0 Å². The average Bonchev–Trinajstić information content (AvgIpc) is 2.52. The lowest BCUT2D eigenvalue weighted by molar-refractivity contribution is -0.128. The summed E-state index contributed by atoms with van der Waals surface area (Å²) in [4.78, 5) is 12.1. The summed E-state index contributed by atoms with van der Waals surface area (Å²) in [5, 5.41) is 2.83. The number of hydrogen-bond acceptors (Lipinski definition) is 3. The van der Waals surface area contributed by atoms with Crippen molar-refractivity contribution in [1.29, 1.82) is 0 Å². The summed E-state index contributed by atoms with van der Waals surface area (Å²) in [6.45, 7) is 2.99. The van der Waals surface area contributed by atoms with E-state index in [2.05, 4.69) is 17.4 Å². The molecule has 1 N–H and O–H groups in total. The van der Waals surface area contributed by atoms with Crippen LogP contribution < -0.4 is 10.1 Å². The van der Waals surface area contributed by atoms with Gasteiger partial charge in [-0.15, -0.1) is 0 Å². The first-order valence-corrected chi connectivity index (χ1v) is 7.79. The molecule has 1 amide bonds. The van der Waals surface area contributed by atoms with Gasteiger partial charge in [-0.3, -0.25) is 4.79 Å². The van der Waals surface area contributed by atoms with E-state index in [1.54, 1.807) is 7.11 Å². The third-order valence-corrected chi connectivity index (χ3v) is 3.87. The number of carbonyl (C=O) groups is 1. The zero-order valence-corrected chi connectivity index (χ0v) is 13.0. The highest BCUT2D eigenvalue weighted by Crippen LogP contribution is 2.26. The fourth-order valence-corrected chi connectivity index (χ4v) is 2.66. The Kier molecular flexibility index (Phi) is 6.05. The summed E-state index contributed by atoms with van der Waals surface area (Å²) in [5.41, 5.74) is 2.79. The Bertz CT molecular complexity index is 473. The number of methoxy groups -OCH3 is 1. The smallest absolute Gasteiger partial charge is 0.261 e. The van der Waals surface area contributed by atoms with Crippen molar-refractivity contribution in [1.82, 2.24) is 5.32 Å². The number of fused-ring (bicyclic) bond motifs is 1. The maximum atomic E-state index is 12.1. The predicted molar refractivity (Wildman–Crippen MR) is 82.7 cm³/mol. The summed E-state index contributed by atoms with van der Waals surface area (Å²) in [6.07, 6.45) is 4.99. The van der Waals surface area contributed by atoms with Crippen LogP contribution >= 0.6 is 0 Å². The Balaban J connectivity index is 1.96. The molecule has 1 atom stereocenters. The van der Waals surface area contributed by atoms with Crippen LogP contribution in [-0.2, 0) is 22.4 Å². The van der Waals surface area contributed by atoms with Crippen molar-refractivity contribution in [3.05, 3.63) is 29.3 Å². The van der Waals surface area contributed by atoms with Crippen LogP contribution in [0.3, 0.4) is 0 Å². The molecule has 21 heavy (non-hydrogen) atoms. The molecule has 0 fully saturated rings. The molecule has 4 nitrogen and oxygen atoms in total. The van der Waals surface area contributed by atoms with Crippen molar-refractivity contribution >= 4 is 5.91 Å². The van der Waals surface area contributed by atoms with E-state index in [-0.39, 0.29) is 5.91 Å². The second kappa shape index (κ2) is 8.03. The van der Waals surface area contributed by atoms with Crippen molar-refractivity contribution in [2.45, 2.75) is 45.1 Å². The van der Waals surface area contributed by atoms with Crippen LogP contribution in [0.15, 0.2) is 18.2 Å². The monoisotopic (exact) mass is 291 g/mol. The minimum absolute atomic E-state index is 0.0766. The first kappa shape index (κ1) is 15.8. The SMILES string of the molecule is CC[C@H](Oc1ccc2c(c1)CCCC2)C(=O)NCCOC. The molecule has 0 spiro atoms. The number of amides is 1. The van der Waals surface area contributed by atoms with Gasteiger partial charge >= 0.3 is 0 Å². The van der Waals surface area contributed by atoms with Crippen molar-refractivity contribution in [3.8, 4) is 5.75 Å². The van der Waals surface area contributed by atoms with Crippen LogP contribution in [0.4, 0.5) is 0 Å². The molecule has 0 radical (unpaired) electrons. The fraction of sp³-hybridized carbons (Fsp3) is 0.588. The fourth-order valence-electron chi connectivity index (χ4n) is 2.66. The van der Waals surface area contributed by atoms with Crippen LogP contribution in [0.1, 0.15) is 37.3 Å². The van der Waals surface area contributed by atoms with Gasteiger partial charge in [0, 0.05) is 13.7 Å². The Labute approximate surface area is 126 Å². The van der Waals surface area contributed by atoms with E-state index in [0.29, 0.717) is 19.6 Å². The number of rotatable bonds is 7. The molecule has 0 saturated carbocycles. The van der Waals surface area contributed by atoms with Gasteiger partial charge < -0.3 is 14.8 Å². The molecule has 116 valence electrons. The van der Waals surface area contributed by atoms with E-state index in [0.717, 1.165) is 18.6 Å². The second-order valence-corrected chi connectivity index (χ2v) is 5.44. The number of carbonyl (C=O) groups excluding carboxylic acids is 1. The Morgan fingerprint density at radius 2 is 2.05 bits per heavy atom. The Hall–Kier alpha value is -1.55. The van der Waals surface area contributed by atoms with E-state index in [1.165, 1.54) is 24.0 Å². The molecule has 2 rings (SSSR count). The third kappa shape index (κ3) is 4.46. The van der Waals surface area contributed by atoms with Gasteiger partial charge in [0.1, 0.15) is 5.75 Å². The van der Waals surface area contributed by atoms with Crippen LogP contribution in [0.5, 0.6) is 5.75 Å². The summed E-state index contributed by atoms with van der Waals surface area (Å²) >= 11 is 0. The third-order valence-electron chi connectivity index (χ3n) is 3.87. The number of ether oxygens (including phenoxy) is 2. The molecule has 1 aromatic carbocycles. The molecule has 1 aliphatic rings. The lowest BCUT2D eigenvalue weighted by atomic mass is 9.92. The summed E-state index contributed by atoms with van der Waals surface area (Å²) < 4.78 is 10.8. The highest BCUT2D eigenvalue weighted by Gasteiger charge is 2.18. The van der Waals surface area contributed by atoms with Crippen molar-refractivity contribution in [3.63, 3.8) is 0 Å². The molecular formula is C17H25NO3. The van der Waals surface area contributed by atoms with Crippen molar-refractivity contribution in [2.24, 2.45) is 0 Å². The number of aryl methyl sites for hydroxylation is 2. The molecule has 1 aliphatic carbocycles. The second-order valence-electron chi connectivity index (χ2n) is 5.44. The maximum Gasteiger partial charge on any atom is 0.261 e. The quantitative estimate of drug-likeness (QED) is 0.785. The number of nitrogens with one attached hydrogen (secondary N) is 1. The average molecular weight is 291 g/mol. The van der Waals surface area contributed by atoms with Gasteiger partial charge in [-0.05, 0) is 55.4 Å². The van der Waals surface area contributed by atoms with Crippen LogP contribution in [0.25, 0.3) is 0 Å². The zero-order valence-electron chi connectivity index (χ0n) is 13.0. The predicted octanol–water partition coefficient (Wildman–Crippen LogP) is 2.49. The highest BCUT2D eigenvalue weighted by atomic mass is 16.5. The highest BCUT2D eigenvalue weighted by molar-refractivity contribution is 5.81. The van der Waals surface area contributed by atoms with E-state index >= 15 is 0 Å². The van der Waals surface area contributed by atoms with Gasteiger partial charge in [-0.1, -0.05) is 13.0 Å². The minimum Gasteiger partial charge on any atom is -0.481 e. The van der Waals surface area contributed by atoms with Crippen molar-refractivity contribution < 1.29 is 14.3 Å². The van der Waals surface area contributed by atoms with E-state index in [4.69, 9.17) is 9.47 Å². The van der Waals surface area contributed by atoms with Gasteiger partial charge in [0.05, 0.1) is 6.61 Å².